The average Bonchev–Trinajstić information content (AvgIpc) is 2.56. The first-order chi connectivity index (χ1) is 6.20. The Hall–Kier alpha value is -1.36. The fourth-order valence-electron chi connectivity index (χ4n) is 1.00. The summed E-state index contributed by atoms with van der Waals surface area (Å²) < 4.78 is 1.70. The maximum absolute atomic E-state index is 10.2. The molecule has 1 heterocycles. The third-order valence-electron chi connectivity index (χ3n) is 1.71. The largest absolute Gasteiger partial charge is 0.479 e. The van der Waals surface area contributed by atoms with E-state index in [-0.39, 0.29) is 6.42 Å². The van der Waals surface area contributed by atoms with Crippen LogP contribution in [0, 0.1) is 0 Å². The number of carboxylic acids is 1. The number of carbonyl (C=O) groups is 1. The Bertz CT molecular complexity index is 258. The molecule has 2 N–H and O–H groups in total. The van der Waals surface area contributed by atoms with E-state index in [1.807, 2.05) is 0 Å². The molecule has 0 fully saturated rings. The first kappa shape index (κ1) is 9.73. The first-order valence-corrected chi connectivity index (χ1v) is 4.08. The van der Waals surface area contributed by atoms with Crippen LogP contribution in [0.2, 0.25) is 0 Å². The lowest BCUT2D eigenvalue weighted by Gasteiger charge is -2.04. The van der Waals surface area contributed by atoms with Gasteiger partial charge in [-0.05, 0) is 18.9 Å². The minimum atomic E-state index is -1.25. The number of rotatable bonds is 5. The molecule has 0 radical (unpaired) electrons. The number of hydrogen-bond donors (Lipinski definition) is 2. The van der Waals surface area contributed by atoms with Crippen molar-refractivity contribution in [2.24, 2.45) is 0 Å². The zero-order valence-corrected chi connectivity index (χ0v) is 7.13. The SMILES string of the molecule is O=C(O)C(O)CCCn1cccn1. The lowest BCUT2D eigenvalue weighted by Crippen LogP contribution is -2.19. The predicted molar refractivity (Wildman–Crippen MR) is 45.1 cm³/mol. The average molecular weight is 184 g/mol. The summed E-state index contributed by atoms with van der Waals surface area (Å²) in [6.45, 7) is 0.636. The van der Waals surface area contributed by atoms with Crippen molar-refractivity contribution in [3.8, 4) is 0 Å². The number of aliphatic hydroxyl groups is 1. The summed E-state index contributed by atoms with van der Waals surface area (Å²) in [6.07, 6.45) is 3.07. The number of hydrogen-bond acceptors (Lipinski definition) is 3. The smallest absolute Gasteiger partial charge is 0.332 e. The fourth-order valence-corrected chi connectivity index (χ4v) is 1.00. The van der Waals surface area contributed by atoms with Gasteiger partial charge in [-0.3, -0.25) is 4.68 Å². The van der Waals surface area contributed by atoms with Crippen LogP contribution < -0.4 is 0 Å². The van der Waals surface area contributed by atoms with E-state index in [2.05, 4.69) is 5.10 Å². The second-order valence-electron chi connectivity index (χ2n) is 2.77. The van der Waals surface area contributed by atoms with Gasteiger partial charge < -0.3 is 10.2 Å². The Labute approximate surface area is 75.6 Å². The first-order valence-electron chi connectivity index (χ1n) is 4.08. The minimum Gasteiger partial charge on any atom is -0.479 e. The van der Waals surface area contributed by atoms with Gasteiger partial charge in [0.1, 0.15) is 0 Å². The van der Waals surface area contributed by atoms with E-state index in [1.54, 1.807) is 23.1 Å². The molecule has 0 aromatic carbocycles. The van der Waals surface area contributed by atoms with E-state index in [4.69, 9.17) is 10.2 Å². The van der Waals surface area contributed by atoms with Gasteiger partial charge >= 0.3 is 5.97 Å². The van der Waals surface area contributed by atoms with Gasteiger partial charge in [-0.2, -0.15) is 5.10 Å². The second-order valence-corrected chi connectivity index (χ2v) is 2.77. The van der Waals surface area contributed by atoms with Crippen molar-refractivity contribution >= 4 is 5.97 Å². The molecular weight excluding hydrogens is 172 g/mol. The van der Waals surface area contributed by atoms with Crippen molar-refractivity contribution < 1.29 is 15.0 Å². The van der Waals surface area contributed by atoms with Crippen LogP contribution in [0.15, 0.2) is 18.5 Å². The quantitative estimate of drug-likeness (QED) is 0.681. The third kappa shape index (κ3) is 3.25. The Morgan fingerprint density at radius 2 is 2.38 bits per heavy atom. The highest BCUT2D eigenvalue weighted by atomic mass is 16.4. The standard InChI is InChI=1S/C8H12N2O3/c11-7(8(12)13)3-1-5-10-6-2-4-9-10/h2,4,6-7,11H,1,3,5H2,(H,12,13). The monoisotopic (exact) mass is 184 g/mol. The molecule has 0 amide bonds. The Kier molecular flexibility index (Phi) is 3.45. The van der Waals surface area contributed by atoms with Gasteiger partial charge in [0, 0.05) is 18.9 Å². The predicted octanol–water partition coefficient (Wildman–Crippen LogP) is 0.109. The Balaban J connectivity index is 2.18. The number of nitrogens with zero attached hydrogens (tertiary/aromatic N) is 2. The van der Waals surface area contributed by atoms with Crippen LogP contribution in [0.4, 0.5) is 0 Å². The second kappa shape index (κ2) is 4.61. The van der Waals surface area contributed by atoms with Crippen LogP contribution >= 0.6 is 0 Å². The van der Waals surface area contributed by atoms with Crippen molar-refractivity contribution in [3.05, 3.63) is 18.5 Å². The summed E-state index contributed by atoms with van der Waals surface area (Å²) in [4.78, 5) is 10.2. The molecule has 0 aliphatic carbocycles. The topological polar surface area (TPSA) is 75.3 Å². The molecule has 1 unspecified atom stereocenters. The van der Waals surface area contributed by atoms with Crippen molar-refractivity contribution in [1.29, 1.82) is 0 Å². The molecule has 0 saturated carbocycles. The highest BCUT2D eigenvalue weighted by Gasteiger charge is 2.11. The van der Waals surface area contributed by atoms with Gasteiger partial charge in [0.2, 0.25) is 0 Å². The lowest BCUT2D eigenvalue weighted by molar-refractivity contribution is -0.147. The number of aliphatic carboxylic acids is 1. The fraction of sp³-hybridized carbons (Fsp3) is 0.500. The molecule has 5 nitrogen and oxygen atoms in total. The van der Waals surface area contributed by atoms with Gasteiger partial charge in [-0.1, -0.05) is 0 Å². The van der Waals surface area contributed by atoms with Gasteiger partial charge in [-0.15, -0.1) is 0 Å². The van der Waals surface area contributed by atoms with Crippen LogP contribution in [0.5, 0.6) is 0 Å². The molecular formula is C8H12N2O3. The van der Waals surface area contributed by atoms with E-state index >= 15 is 0 Å². The molecule has 1 aromatic rings. The summed E-state index contributed by atoms with van der Waals surface area (Å²) >= 11 is 0. The molecule has 72 valence electrons. The maximum Gasteiger partial charge on any atom is 0.332 e. The van der Waals surface area contributed by atoms with Crippen molar-refractivity contribution in [3.63, 3.8) is 0 Å². The number of aliphatic hydroxyl groups excluding tert-OH is 1. The van der Waals surface area contributed by atoms with Crippen LogP contribution in [0.25, 0.3) is 0 Å². The van der Waals surface area contributed by atoms with Gasteiger partial charge in [0.15, 0.2) is 6.10 Å². The number of carboxylic acid groups (broad SMARTS) is 1. The molecule has 5 heteroatoms. The van der Waals surface area contributed by atoms with Gasteiger partial charge in [0.05, 0.1) is 0 Å². The van der Waals surface area contributed by atoms with Crippen molar-refractivity contribution in [1.82, 2.24) is 9.78 Å². The minimum absolute atomic E-state index is 0.259. The third-order valence-corrected chi connectivity index (χ3v) is 1.71. The normalized spacial score (nSPS) is 12.7. The molecule has 0 saturated heterocycles. The van der Waals surface area contributed by atoms with Gasteiger partial charge in [0.25, 0.3) is 0 Å². The van der Waals surface area contributed by atoms with E-state index in [1.165, 1.54) is 0 Å². The van der Waals surface area contributed by atoms with Crippen molar-refractivity contribution in [2.75, 3.05) is 0 Å². The highest BCUT2D eigenvalue weighted by Crippen LogP contribution is 1.99. The molecule has 13 heavy (non-hydrogen) atoms. The zero-order chi connectivity index (χ0) is 9.68. The van der Waals surface area contributed by atoms with Gasteiger partial charge in [-0.25, -0.2) is 4.79 Å². The molecule has 0 aliphatic rings. The van der Waals surface area contributed by atoms with E-state index in [0.717, 1.165) is 0 Å². The van der Waals surface area contributed by atoms with Crippen LogP contribution in [-0.4, -0.2) is 32.1 Å². The number of aryl methyl sites for hydroxylation is 1. The summed E-state index contributed by atoms with van der Waals surface area (Å²) in [5, 5.41) is 21.2. The van der Waals surface area contributed by atoms with E-state index < -0.39 is 12.1 Å². The van der Waals surface area contributed by atoms with E-state index in [9.17, 15) is 4.79 Å². The lowest BCUT2D eigenvalue weighted by atomic mass is 10.2. The van der Waals surface area contributed by atoms with Crippen LogP contribution in [-0.2, 0) is 11.3 Å². The summed E-state index contributed by atoms with van der Waals surface area (Å²) in [5.41, 5.74) is 0. The highest BCUT2D eigenvalue weighted by molar-refractivity contribution is 5.71. The molecule has 0 bridgehead atoms. The van der Waals surface area contributed by atoms with Crippen molar-refractivity contribution in [2.45, 2.75) is 25.5 Å². The number of aromatic nitrogens is 2. The molecule has 0 aliphatic heterocycles. The molecule has 1 atom stereocenters. The summed E-state index contributed by atoms with van der Waals surface area (Å²) in [7, 11) is 0. The zero-order valence-electron chi connectivity index (χ0n) is 7.13. The Morgan fingerprint density at radius 3 is 2.92 bits per heavy atom. The summed E-state index contributed by atoms with van der Waals surface area (Å²) in [5.74, 6) is -1.17. The maximum atomic E-state index is 10.2. The Morgan fingerprint density at radius 1 is 1.62 bits per heavy atom. The molecule has 1 rings (SSSR count). The molecule has 1 aromatic heterocycles. The van der Waals surface area contributed by atoms with E-state index in [0.29, 0.717) is 13.0 Å². The summed E-state index contributed by atoms with van der Waals surface area (Å²) in [6, 6.07) is 1.80. The van der Waals surface area contributed by atoms with Crippen LogP contribution in [0.3, 0.4) is 0 Å². The van der Waals surface area contributed by atoms with Crippen LogP contribution in [0.1, 0.15) is 12.8 Å². The molecule has 0 spiro atoms.